The molecule has 0 saturated carbocycles. The van der Waals surface area contributed by atoms with Gasteiger partial charge in [-0.05, 0) is 48.6 Å². The van der Waals surface area contributed by atoms with Gasteiger partial charge in [0.05, 0.1) is 11.4 Å². The van der Waals surface area contributed by atoms with E-state index in [1.807, 2.05) is 0 Å². The van der Waals surface area contributed by atoms with Crippen LogP contribution in [0.25, 0.3) is 0 Å². The SMILES string of the molecule is C1=CN2C=CCC3=C2C(=C1)C1=C(C=C2CC4=C5C(=C2O1)CC=CN5CC=C4)C3. The molecule has 0 amide bonds. The van der Waals surface area contributed by atoms with Gasteiger partial charge < -0.3 is 14.5 Å². The first-order valence-corrected chi connectivity index (χ1v) is 10.1. The molecule has 5 aliphatic heterocycles. The van der Waals surface area contributed by atoms with E-state index in [0.717, 1.165) is 43.7 Å². The van der Waals surface area contributed by atoms with Crippen LogP contribution in [0, 0.1) is 0 Å². The molecule has 0 N–H and O–H groups in total. The van der Waals surface area contributed by atoms with Crippen molar-refractivity contribution >= 4 is 0 Å². The van der Waals surface area contributed by atoms with Gasteiger partial charge in [0.15, 0.2) is 0 Å². The van der Waals surface area contributed by atoms with Crippen molar-refractivity contribution in [1.29, 1.82) is 0 Å². The van der Waals surface area contributed by atoms with E-state index in [1.54, 1.807) is 0 Å². The van der Waals surface area contributed by atoms with Gasteiger partial charge in [-0.15, -0.1) is 0 Å². The fourth-order valence-corrected chi connectivity index (χ4v) is 5.42. The van der Waals surface area contributed by atoms with Crippen LogP contribution in [0.15, 0.2) is 117 Å². The van der Waals surface area contributed by atoms with Gasteiger partial charge in [-0.2, -0.15) is 0 Å². The molecule has 0 atom stereocenters. The highest BCUT2D eigenvalue weighted by molar-refractivity contribution is 5.65. The van der Waals surface area contributed by atoms with E-state index in [4.69, 9.17) is 4.74 Å². The van der Waals surface area contributed by atoms with Gasteiger partial charge in [-0.25, -0.2) is 0 Å². The fourth-order valence-electron chi connectivity index (χ4n) is 5.42. The summed E-state index contributed by atoms with van der Waals surface area (Å²) in [5, 5.41) is 0. The first-order valence-electron chi connectivity index (χ1n) is 10.1. The zero-order valence-corrected chi connectivity index (χ0v) is 15.6. The first-order chi connectivity index (χ1) is 13.9. The van der Waals surface area contributed by atoms with Crippen LogP contribution in [-0.2, 0) is 4.74 Å². The Labute approximate surface area is 164 Å². The molecule has 7 aliphatic rings. The predicted octanol–water partition coefficient (Wildman–Crippen LogP) is 5.23. The Bertz CT molecular complexity index is 1160. The Kier molecular flexibility index (Phi) is 2.75. The largest absolute Gasteiger partial charge is 0.456 e. The van der Waals surface area contributed by atoms with Crippen LogP contribution in [0.1, 0.15) is 25.7 Å². The summed E-state index contributed by atoms with van der Waals surface area (Å²) in [6, 6.07) is 0. The quantitative estimate of drug-likeness (QED) is 0.585. The summed E-state index contributed by atoms with van der Waals surface area (Å²) in [7, 11) is 0. The second-order valence-corrected chi connectivity index (χ2v) is 8.17. The van der Waals surface area contributed by atoms with Crippen LogP contribution in [-0.4, -0.2) is 16.3 Å². The minimum absolute atomic E-state index is 0.945. The zero-order chi connectivity index (χ0) is 18.2. The number of nitrogens with zero attached hydrogens (tertiary/aromatic N) is 2. The maximum atomic E-state index is 6.75. The highest BCUT2D eigenvalue weighted by atomic mass is 16.5. The average Bonchev–Trinajstić information content (AvgIpc) is 2.74. The van der Waals surface area contributed by atoms with Crippen molar-refractivity contribution < 1.29 is 4.74 Å². The van der Waals surface area contributed by atoms with E-state index < -0.39 is 0 Å². The predicted molar refractivity (Wildman–Crippen MR) is 109 cm³/mol. The van der Waals surface area contributed by atoms with Crippen LogP contribution in [0.2, 0.25) is 0 Å². The summed E-state index contributed by atoms with van der Waals surface area (Å²) in [5.74, 6) is 2.16. The number of fused-ring (bicyclic) bond motifs is 2. The molecule has 7 rings (SSSR count). The van der Waals surface area contributed by atoms with Crippen LogP contribution in [0.3, 0.4) is 0 Å². The van der Waals surface area contributed by atoms with E-state index in [2.05, 4.69) is 70.9 Å². The summed E-state index contributed by atoms with van der Waals surface area (Å²) in [6.07, 6.45) is 26.3. The average molecular weight is 364 g/mol. The van der Waals surface area contributed by atoms with E-state index in [0.29, 0.717) is 0 Å². The van der Waals surface area contributed by atoms with Crippen LogP contribution in [0.4, 0.5) is 0 Å². The van der Waals surface area contributed by atoms with Crippen molar-refractivity contribution in [2.45, 2.75) is 25.7 Å². The number of rotatable bonds is 0. The van der Waals surface area contributed by atoms with Crippen LogP contribution < -0.4 is 0 Å². The fraction of sp³-hybridized carbons (Fsp3) is 0.200. The highest BCUT2D eigenvalue weighted by Crippen LogP contribution is 2.50. The minimum Gasteiger partial charge on any atom is -0.456 e. The molecule has 0 aromatic heterocycles. The number of hydrogen-bond donors (Lipinski definition) is 0. The van der Waals surface area contributed by atoms with Crippen molar-refractivity contribution in [3.05, 3.63) is 117 Å². The molecule has 0 bridgehead atoms. The van der Waals surface area contributed by atoms with Crippen molar-refractivity contribution in [3.63, 3.8) is 0 Å². The van der Waals surface area contributed by atoms with Gasteiger partial charge in [-0.1, -0.05) is 24.3 Å². The number of hydrogen-bond acceptors (Lipinski definition) is 3. The van der Waals surface area contributed by atoms with E-state index in [-0.39, 0.29) is 0 Å². The molecule has 0 spiro atoms. The lowest BCUT2D eigenvalue weighted by Crippen LogP contribution is -2.30. The Morgan fingerprint density at radius 3 is 2.82 bits per heavy atom. The van der Waals surface area contributed by atoms with Gasteiger partial charge in [0.2, 0.25) is 0 Å². The van der Waals surface area contributed by atoms with Gasteiger partial charge >= 0.3 is 0 Å². The molecule has 2 aliphatic carbocycles. The standard InChI is InChI=1S/C25H20N2O/c1-5-16-13-18-15-19-14-17-6-2-10-27-12-4-8-21(23(17)27)25(19)28-24(18)20-7-3-11-26(9-1)22(16)20/h1-5,8,10-12,15H,6-7,9,13-14H2. The topological polar surface area (TPSA) is 15.7 Å². The van der Waals surface area contributed by atoms with E-state index in [1.165, 1.54) is 44.8 Å². The summed E-state index contributed by atoms with van der Waals surface area (Å²) >= 11 is 0. The lowest BCUT2D eigenvalue weighted by molar-refractivity contribution is 0.296. The molecule has 0 unspecified atom stereocenters. The Morgan fingerprint density at radius 1 is 0.857 bits per heavy atom. The molecular formula is C25H20N2O. The second kappa shape index (κ2) is 5.20. The lowest BCUT2D eigenvalue weighted by atomic mass is 9.80. The van der Waals surface area contributed by atoms with E-state index in [9.17, 15) is 0 Å². The van der Waals surface area contributed by atoms with E-state index >= 15 is 0 Å². The van der Waals surface area contributed by atoms with Gasteiger partial charge in [0, 0.05) is 53.9 Å². The summed E-state index contributed by atoms with van der Waals surface area (Å²) in [4.78, 5) is 4.61. The molecule has 0 aromatic carbocycles. The normalized spacial score (nSPS) is 26.0. The van der Waals surface area contributed by atoms with Gasteiger partial charge in [0.1, 0.15) is 11.5 Å². The molecule has 0 aromatic rings. The molecule has 0 radical (unpaired) electrons. The monoisotopic (exact) mass is 364 g/mol. The molecule has 5 heterocycles. The van der Waals surface area contributed by atoms with Crippen LogP contribution >= 0.6 is 0 Å². The molecule has 136 valence electrons. The Balaban J connectivity index is 1.38. The highest BCUT2D eigenvalue weighted by Gasteiger charge is 2.37. The maximum Gasteiger partial charge on any atom is 0.140 e. The number of allylic oxidation sites excluding steroid dienone is 11. The molecule has 3 heteroatoms. The molecular weight excluding hydrogens is 344 g/mol. The molecule has 3 nitrogen and oxygen atoms in total. The lowest BCUT2D eigenvalue weighted by Gasteiger charge is -2.41. The smallest absolute Gasteiger partial charge is 0.140 e. The third-order valence-corrected chi connectivity index (χ3v) is 6.53. The molecule has 0 fully saturated rings. The molecule has 0 saturated heterocycles. The van der Waals surface area contributed by atoms with Crippen molar-refractivity contribution in [1.82, 2.24) is 9.80 Å². The van der Waals surface area contributed by atoms with Gasteiger partial charge in [-0.3, -0.25) is 0 Å². The number of ether oxygens (including phenoxy) is 1. The molecule has 28 heavy (non-hydrogen) atoms. The van der Waals surface area contributed by atoms with Crippen molar-refractivity contribution in [3.8, 4) is 0 Å². The van der Waals surface area contributed by atoms with Crippen LogP contribution in [0.5, 0.6) is 0 Å². The summed E-state index contributed by atoms with van der Waals surface area (Å²) in [6.45, 7) is 0.951. The Hall–Kier alpha value is -3.20. The zero-order valence-electron chi connectivity index (χ0n) is 15.6. The third kappa shape index (κ3) is 1.84. The summed E-state index contributed by atoms with van der Waals surface area (Å²) < 4.78 is 6.75. The van der Waals surface area contributed by atoms with Gasteiger partial charge in [0.25, 0.3) is 0 Å². The minimum atomic E-state index is 0.945. The maximum absolute atomic E-state index is 6.75. The van der Waals surface area contributed by atoms with Crippen molar-refractivity contribution in [2.75, 3.05) is 6.54 Å². The third-order valence-electron chi connectivity index (χ3n) is 6.53. The summed E-state index contributed by atoms with van der Waals surface area (Å²) in [5.41, 5.74) is 10.9. The first kappa shape index (κ1) is 14.8. The second-order valence-electron chi connectivity index (χ2n) is 8.17. The Morgan fingerprint density at radius 2 is 1.82 bits per heavy atom. The van der Waals surface area contributed by atoms with Crippen molar-refractivity contribution in [2.24, 2.45) is 0 Å².